The first-order chi connectivity index (χ1) is 26.5. The summed E-state index contributed by atoms with van der Waals surface area (Å²) in [5.41, 5.74) is -4.69. The van der Waals surface area contributed by atoms with Gasteiger partial charge in [0, 0.05) is 49.3 Å². The molecule has 2 amide bonds. The fourth-order valence-electron chi connectivity index (χ4n) is 8.29. The number of carbonyl (C=O) groups excluding carboxylic acids is 2. The van der Waals surface area contributed by atoms with Gasteiger partial charge in [0.15, 0.2) is 0 Å². The molecule has 4 atom stereocenters. The van der Waals surface area contributed by atoms with Crippen molar-refractivity contribution in [3.8, 4) is 17.6 Å². The van der Waals surface area contributed by atoms with Crippen LogP contribution in [0.1, 0.15) is 91.2 Å². The molecule has 2 aliphatic heterocycles. The Morgan fingerprint density at radius 3 is 2.38 bits per heavy atom. The maximum Gasteiger partial charge on any atom is 0.425 e. The average molecular weight is 807 g/mol. The zero-order valence-electron chi connectivity index (χ0n) is 30.4. The van der Waals surface area contributed by atoms with Crippen LogP contribution in [0.15, 0.2) is 54.0 Å². The number of hydrogen-bond acceptors (Lipinski definition) is 8. The number of thiophene rings is 1. The van der Waals surface area contributed by atoms with Crippen LogP contribution in [0.4, 0.5) is 26.3 Å². The summed E-state index contributed by atoms with van der Waals surface area (Å²) in [7, 11) is 0. The smallest absolute Gasteiger partial charge is 0.425 e. The quantitative estimate of drug-likeness (QED) is 0.203. The first-order valence-corrected chi connectivity index (χ1v) is 19.3. The van der Waals surface area contributed by atoms with Gasteiger partial charge in [0.25, 0.3) is 11.8 Å². The minimum atomic E-state index is -4.92. The molecule has 3 fully saturated rings. The van der Waals surface area contributed by atoms with E-state index in [0.29, 0.717) is 48.3 Å². The normalized spacial score (nSPS) is 24.0. The topological polar surface area (TPSA) is 133 Å². The number of aliphatic carboxylic acids is 1. The monoisotopic (exact) mass is 806 g/mol. The molecule has 0 bridgehead atoms. The number of alkyl halides is 6. The van der Waals surface area contributed by atoms with Gasteiger partial charge in [0.2, 0.25) is 5.60 Å². The number of nitriles is 1. The van der Waals surface area contributed by atoms with Gasteiger partial charge in [-0.2, -0.15) is 31.6 Å². The van der Waals surface area contributed by atoms with Crippen molar-refractivity contribution in [1.82, 2.24) is 14.8 Å². The molecule has 1 aromatic carbocycles. The third-order valence-electron chi connectivity index (χ3n) is 11.1. The molecule has 4 heterocycles. The first kappa shape index (κ1) is 40.8. The van der Waals surface area contributed by atoms with E-state index < -0.39 is 69.2 Å². The molecule has 10 nitrogen and oxygen atoms in total. The lowest BCUT2D eigenvalue weighted by Crippen LogP contribution is -2.68. The highest BCUT2D eigenvalue weighted by Gasteiger charge is 2.57. The van der Waals surface area contributed by atoms with Crippen molar-refractivity contribution in [2.45, 2.75) is 100 Å². The summed E-state index contributed by atoms with van der Waals surface area (Å²) in [4.78, 5) is 46.0. The van der Waals surface area contributed by atoms with Crippen molar-refractivity contribution in [3.05, 3.63) is 75.7 Å². The number of ether oxygens (including phenoxy) is 2. The molecule has 1 aliphatic carbocycles. The third kappa shape index (κ3) is 8.03. The number of hydrogen-bond donors (Lipinski definition) is 1. The summed E-state index contributed by atoms with van der Waals surface area (Å²) in [6.45, 7) is 1.68. The van der Waals surface area contributed by atoms with Gasteiger partial charge < -0.3 is 24.4 Å². The van der Waals surface area contributed by atoms with Crippen molar-refractivity contribution < 1.29 is 55.3 Å². The van der Waals surface area contributed by atoms with E-state index in [1.807, 2.05) is 0 Å². The number of amides is 2. The van der Waals surface area contributed by atoms with E-state index in [4.69, 9.17) is 9.47 Å². The Kier molecular flexibility index (Phi) is 11.6. The van der Waals surface area contributed by atoms with Gasteiger partial charge in [0.05, 0.1) is 35.1 Å². The van der Waals surface area contributed by atoms with Crippen LogP contribution in [0.2, 0.25) is 0 Å². The lowest BCUT2D eigenvalue weighted by atomic mass is 9.72. The molecule has 56 heavy (non-hydrogen) atoms. The number of pyridine rings is 1. The van der Waals surface area contributed by atoms with Crippen molar-refractivity contribution >= 4 is 29.1 Å². The number of halogens is 6. The molecule has 0 radical (unpaired) electrons. The lowest BCUT2D eigenvalue weighted by molar-refractivity contribution is -0.160. The molecule has 6 rings (SSSR count). The van der Waals surface area contributed by atoms with E-state index >= 15 is 4.79 Å². The van der Waals surface area contributed by atoms with Crippen molar-refractivity contribution in [2.75, 3.05) is 19.6 Å². The van der Waals surface area contributed by atoms with E-state index in [1.54, 1.807) is 31.2 Å². The molecule has 1 saturated carbocycles. The van der Waals surface area contributed by atoms with Crippen LogP contribution in [-0.2, 0) is 27.4 Å². The van der Waals surface area contributed by atoms with Crippen LogP contribution in [0.3, 0.4) is 0 Å². The van der Waals surface area contributed by atoms with E-state index in [-0.39, 0.29) is 63.6 Å². The highest BCUT2D eigenvalue weighted by Crippen LogP contribution is 2.45. The van der Waals surface area contributed by atoms with Crippen LogP contribution in [0.25, 0.3) is 0 Å². The van der Waals surface area contributed by atoms with Crippen molar-refractivity contribution in [1.29, 1.82) is 5.26 Å². The number of nitrogens with zero attached hydrogens (tertiary/aromatic N) is 4. The Morgan fingerprint density at radius 1 is 1.02 bits per heavy atom. The number of benzene rings is 1. The SMILES string of the molecule is CCC[C@H]1N(C(=O)c2ncccc2C(F)(F)F)CCC[C@@]1(Oc1csc(C(F)(F)F)c1)C(=O)N1CCC(C#N)(c2ccccc2O[C@@H]2CC[C@H](C(=O)O)C2)CC1. The highest BCUT2D eigenvalue weighted by molar-refractivity contribution is 7.10. The first-order valence-electron chi connectivity index (χ1n) is 18.4. The van der Waals surface area contributed by atoms with Gasteiger partial charge in [-0.15, -0.1) is 11.3 Å². The Bertz CT molecular complexity index is 1970. The average Bonchev–Trinajstić information content (AvgIpc) is 3.85. The standard InChI is InChI=1S/C39H40F6N4O6S/c1-2-7-30-37(55-26-21-31(56-22-26)39(43,44)45,13-6-17-49(30)33(50)32-28(38(40,41)42)9-5-16-47-32)35(53)48-18-14-36(23-46,15-19-48)27-8-3-4-10-29(27)54-25-12-11-24(20-25)34(51)52/h3-5,8-10,16,21-22,24-25,30H,2,6-7,11-15,17-20H2,1H3,(H,51,52)/t24-,25+,30+,37-/m0/s1. The number of piperidine rings is 2. The third-order valence-corrected chi connectivity index (χ3v) is 12.0. The van der Waals surface area contributed by atoms with Crippen LogP contribution in [0.5, 0.6) is 11.5 Å². The van der Waals surface area contributed by atoms with Gasteiger partial charge in [0.1, 0.15) is 22.1 Å². The molecule has 17 heteroatoms. The summed E-state index contributed by atoms with van der Waals surface area (Å²) in [5, 5.41) is 21.2. The van der Waals surface area contributed by atoms with Gasteiger partial charge in [-0.3, -0.25) is 19.4 Å². The van der Waals surface area contributed by atoms with Gasteiger partial charge in [-0.1, -0.05) is 31.5 Å². The van der Waals surface area contributed by atoms with Gasteiger partial charge >= 0.3 is 18.3 Å². The maximum atomic E-state index is 15.0. The molecule has 0 unspecified atom stereocenters. The zero-order valence-corrected chi connectivity index (χ0v) is 31.2. The highest BCUT2D eigenvalue weighted by atomic mass is 32.1. The number of likely N-dealkylation sites (tertiary alicyclic amines) is 2. The number of para-hydroxylation sites is 1. The number of carbonyl (C=O) groups is 3. The van der Waals surface area contributed by atoms with Crippen LogP contribution in [0, 0.1) is 17.2 Å². The van der Waals surface area contributed by atoms with Gasteiger partial charge in [-0.05, 0) is 63.1 Å². The fourth-order valence-corrected chi connectivity index (χ4v) is 8.97. The summed E-state index contributed by atoms with van der Waals surface area (Å²) >= 11 is 0.361. The van der Waals surface area contributed by atoms with E-state index in [9.17, 15) is 46.3 Å². The van der Waals surface area contributed by atoms with E-state index in [2.05, 4.69) is 11.1 Å². The predicted molar refractivity (Wildman–Crippen MR) is 190 cm³/mol. The lowest BCUT2D eigenvalue weighted by Gasteiger charge is -2.51. The van der Waals surface area contributed by atoms with Crippen LogP contribution >= 0.6 is 11.3 Å². The largest absolute Gasteiger partial charge is 0.490 e. The number of carboxylic acids is 1. The predicted octanol–water partition coefficient (Wildman–Crippen LogP) is 8.12. The molecular formula is C39H40F6N4O6S. The molecule has 3 aliphatic rings. The summed E-state index contributed by atoms with van der Waals surface area (Å²) < 4.78 is 96.0. The summed E-state index contributed by atoms with van der Waals surface area (Å²) in [6.07, 6.45) is -6.98. The minimum Gasteiger partial charge on any atom is -0.490 e. The van der Waals surface area contributed by atoms with Crippen LogP contribution < -0.4 is 9.47 Å². The van der Waals surface area contributed by atoms with Crippen LogP contribution in [-0.4, -0.2) is 75.1 Å². The molecular weight excluding hydrogens is 767 g/mol. The molecule has 3 aromatic rings. The second-order valence-electron chi connectivity index (χ2n) is 14.5. The molecule has 300 valence electrons. The molecule has 2 saturated heterocycles. The Labute approximate surface area is 323 Å². The molecule has 0 spiro atoms. The Hall–Kier alpha value is -4.85. The number of aromatic nitrogens is 1. The molecule has 1 N–H and O–H groups in total. The van der Waals surface area contributed by atoms with Crippen molar-refractivity contribution in [3.63, 3.8) is 0 Å². The maximum absolute atomic E-state index is 15.0. The summed E-state index contributed by atoms with van der Waals surface area (Å²) in [6, 6.07) is 10.7. The number of rotatable bonds is 10. The second kappa shape index (κ2) is 16.0. The van der Waals surface area contributed by atoms with E-state index in [1.165, 1.54) is 4.90 Å². The Balaban J connectivity index is 1.33. The molecule has 2 aromatic heterocycles. The zero-order chi connectivity index (χ0) is 40.5. The minimum absolute atomic E-state index is 0.000946. The Morgan fingerprint density at radius 2 is 1.75 bits per heavy atom. The summed E-state index contributed by atoms with van der Waals surface area (Å²) in [5.74, 6) is -3.02. The fraction of sp³-hybridized carbons (Fsp3) is 0.513. The van der Waals surface area contributed by atoms with Crippen molar-refractivity contribution in [2.24, 2.45) is 5.92 Å². The second-order valence-corrected chi connectivity index (χ2v) is 15.4. The van der Waals surface area contributed by atoms with E-state index in [0.717, 1.165) is 34.7 Å². The number of carboxylic acid groups (broad SMARTS) is 1. The van der Waals surface area contributed by atoms with Gasteiger partial charge in [-0.25, -0.2) is 0 Å².